The van der Waals surface area contributed by atoms with E-state index in [4.69, 9.17) is 28.5 Å². The molecule has 2 heterocycles. The molecule has 3 rings (SSSR count). The molecular weight excluding hydrogens is 489 g/mol. The largest absolute Gasteiger partial charge is 0.506 e. The van der Waals surface area contributed by atoms with E-state index < -0.39 is 11.8 Å². The molecule has 2 N–H and O–H groups in total. The third kappa shape index (κ3) is 5.03. The SMILES string of the molecule is CCC(C#N)C(=O)c1ccc(C(=O)NN=C(C)c2csc(-c3ccc(Cl)c(Cl)c3)c2O)s1. The van der Waals surface area contributed by atoms with Crippen molar-refractivity contribution in [1.29, 1.82) is 5.26 Å². The Labute approximate surface area is 202 Å². The van der Waals surface area contributed by atoms with Gasteiger partial charge in [-0.3, -0.25) is 9.59 Å². The van der Waals surface area contributed by atoms with Gasteiger partial charge in [0.25, 0.3) is 5.91 Å². The van der Waals surface area contributed by atoms with Crippen LogP contribution in [0.25, 0.3) is 10.4 Å². The highest BCUT2D eigenvalue weighted by atomic mass is 35.5. The summed E-state index contributed by atoms with van der Waals surface area (Å²) in [6.45, 7) is 3.42. The van der Waals surface area contributed by atoms with Crippen molar-refractivity contribution in [2.24, 2.45) is 11.0 Å². The normalized spacial score (nSPS) is 12.3. The lowest BCUT2D eigenvalue weighted by atomic mass is 10.0. The number of hydrogen-bond donors (Lipinski definition) is 2. The molecular formula is C22H17Cl2N3O3S2. The highest BCUT2D eigenvalue weighted by molar-refractivity contribution is 7.16. The monoisotopic (exact) mass is 505 g/mol. The number of carbonyl (C=O) groups is 2. The molecule has 0 fully saturated rings. The van der Waals surface area contributed by atoms with Crippen LogP contribution in [-0.2, 0) is 0 Å². The van der Waals surface area contributed by atoms with Crippen LogP contribution in [-0.4, -0.2) is 22.5 Å². The maximum Gasteiger partial charge on any atom is 0.281 e. The third-order valence-corrected chi connectivity index (χ3v) is 7.47. The Hall–Kier alpha value is -2.70. The summed E-state index contributed by atoms with van der Waals surface area (Å²) < 4.78 is 0. The van der Waals surface area contributed by atoms with Crippen LogP contribution in [0.2, 0.25) is 10.0 Å². The van der Waals surface area contributed by atoms with Gasteiger partial charge in [-0.05, 0) is 43.2 Å². The summed E-state index contributed by atoms with van der Waals surface area (Å²) in [7, 11) is 0. The number of nitrogens with one attached hydrogen (secondary N) is 1. The van der Waals surface area contributed by atoms with Crippen molar-refractivity contribution < 1.29 is 14.7 Å². The summed E-state index contributed by atoms with van der Waals surface area (Å²) in [6.07, 6.45) is 0.409. The number of halogens is 2. The summed E-state index contributed by atoms with van der Waals surface area (Å²) in [6, 6.07) is 10.1. The van der Waals surface area contributed by atoms with Crippen LogP contribution in [0.3, 0.4) is 0 Å². The number of thiophene rings is 2. The Morgan fingerprint density at radius 2 is 1.94 bits per heavy atom. The van der Waals surface area contributed by atoms with Gasteiger partial charge in [-0.1, -0.05) is 36.2 Å². The first kappa shape index (κ1) is 24.0. The molecule has 0 aliphatic heterocycles. The first-order valence-electron chi connectivity index (χ1n) is 9.41. The van der Waals surface area contributed by atoms with Crippen LogP contribution in [0.4, 0.5) is 0 Å². The highest BCUT2D eigenvalue weighted by Crippen LogP contribution is 2.40. The first-order valence-corrected chi connectivity index (χ1v) is 11.9. The van der Waals surface area contributed by atoms with Crippen molar-refractivity contribution in [1.82, 2.24) is 5.43 Å². The van der Waals surface area contributed by atoms with Gasteiger partial charge in [0, 0.05) is 5.38 Å². The summed E-state index contributed by atoms with van der Waals surface area (Å²) in [4.78, 5) is 26.0. The fourth-order valence-electron chi connectivity index (χ4n) is 2.80. The van der Waals surface area contributed by atoms with Gasteiger partial charge in [-0.25, -0.2) is 5.43 Å². The second-order valence-corrected chi connectivity index (χ2v) is 9.49. The van der Waals surface area contributed by atoms with Crippen LogP contribution in [0.5, 0.6) is 5.75 Å². The van der Waals surface area contributed by atoms with Crippen molar-refractivity contribution in [3.8, 4) is 22.3 Å². The van der Waals surface area contributed by atoms with Crippen molar-refractivity contribution in [2.75, 3.05) is 0 Å². The number of rotatable bonds is 7. The van der Waals surface area contributed by atoms with E-state index in [0.717, 1.165) is 11.3 Å². The molecule has 164 valence electrons. The summed E-state index contributed by atoms with van der Waals surface area (Å²) in [5.74, 6) is -1.49. The van der Waals surface area contributed by atoms with Crippen LogP contribution in [0.1, 0.15) is 45.2 Å². The fourth-order valence-corrected chi connectivity index (χ4v) is 4.99. The molecule has 0 spiro atoms. The van der Waals surface area contributed by atoms with Gasteiger partial charge in [0.2, 0.25) is 0 Å². The van der Waals surface area contributed by atoms with Gasteiger partial charge in [0.1, 0.15) is 11.7 Å². The number of hydrazone groups is 1. The predicted molar refractivity (Wildman–Crippen MR) is 129 cm³/mol. The molecule has 1 aromatic carbocycles. The van der Waals surface area contributed by atoms with E-state index in [9.17, 15) is 14.7 Å². The minimum atomic E-state index is -0.726. The van der Waals surface area contributed by atoms with Crippen molar-refractivity contribution >= 4 is 63.3 Å². The van der Waals surface area contributed by atoms with Gasteiger partial charge < -0.3 is 5.11 Å². The Balaban J connectivity index is 1.75. The lowest BCUT2D eigenvalue weighted by Crippen LogP contribution is -2.18. The number of ketones is 1. The second kappa shape index (κ2) is 10.3. The zero-order valence-electron chi connectivity index (χ0n) is 17.0. The van der Waals surface area contributed by atoms with Gasteiger partial charge in [-0.15, -0.1) is 22.7 Å². The number of nitrogens with zero attached hydrogens (tertiary/aromatic N) is 2. The Morgan fingerprint density at radius 3 is 2.59 bits per heavy atom. The summed E-state index contributed by atoms with van der Waals surface area (Å²) >= 11 is 14.3. The van der Waals surface area contributed by atoms with E-state index >= 15 is 0 Å². The minimum Gasteiger partial charge on any atom is -0.506 e. The van der Waals surface area contributed by atoms with E-state index in [1.165, 1.54) is 23.5 Å². The van der Waals surface area contributed by atoms with Gasteiger partial charge >= 0.3 is 0 Å². The molecule has 0 radical (unpaired) electrons. The first-order chi connectivity index (χ1) is 15.3. The zero-order valence-corrected chi connectivity index (χ0v) is 20.1. The van der Waals surface area contributed by atoms with Crippen molar-refractivity contribution in [3.05, 3.63) is 61.1 Å². The third-order valence-electron chi connectivity index (χ3n) is 4.61. The smallest absolute Gasteiger partial charge is 0.281 e. The maximum atomic E-state index is 12.4. The van der Waals surface area contributed by atoms with Crippen LogP contribution < -0.4 is 5.43 Å². The van der Waals surface area contributed by atoms with E-state index in [2.05, 4.69) is 10.5 Å². The lowest BCUT2D eigenvalue weighted by Gasteiger charge is -2.04. The second-order valence-electron chi connectivity index (χ2n) is 6.71. The summed E-state index contributed by atoms with van der Waals surface area (Å²) in [5, 5.41) is 26.3. The molecule has 1 unspecified atom stereocenters. The maximum absolute atomic E-state index is 12.4. The molecule has 1 atom stereocenters. The molecule has 6 nitrogen and oxygen atoms in total. The number of carbonyl (C=O) groups excluding carboxylic acids is 2. The highest BCUT2D eigenvalue weighted by Gasteiger charge is 2.21. The molecule has 0 bridgehead atoms. The van der Waals surface area contributed by atoms with Crippen LogP contribution >= 0.6 is 45.9 Å². The quantitative estimate of drug-likeness (QED) is 0.221. The molecule has 10 heteroatoms. The molecule has 32 heavy (non-hydrogen) atoms. The number of nitriles is 1. The average Bonchev–Trinajstić information content (AvgIpc) is 3.42. The zero-order chi connectivity index (χ0) is 23.4. The molecule has 1 amide bonds. The molecule has 0 aliphatic rings. The number of amides is 1. The number of Topliss-reactive ketones (excluding diaryl/α,β-unsaturated/α-hetero) is 1. The Morgan fingerprint density at radius 1 is 1.22 bits per heavy atom. The minimum absolute atomic E-state index is 0.0232. The van der Waals surface area contributed by atoms with Gasteiger partial charge in [0.15, 0.2) is 5.78 Å². The predicted octanol–water partition coefficient (Wildman–Crippen LogP) is 6.38. The summed E-state index contributed by atoms with van der Waals surface area (Å²) in [5.41, 5.74) is 4.02. The molecule has 0 saturated carbocycles. The Kier molecular flexibility index (Phi) is 7.69. The van der Waals surface area contributed by atoms with Crippen LogP contribution in [0, 0.1) is 17.2 Å². The van der Waals surface area contributed by atoms with E-state index in [-0.39, 0.29) is 11.5 Å². The number of aromatic hydroxyl groups is 1. The topological polar surface area (TPSA) is 103 Å². The van der Waals surface area contributed by atoms with Crippen LogP contribution in [0.15, 0.2) is 40.8 Å². The van der Waals surface area contributed by atoms with Gasteiger partial charge in [0.05, 0.1) is 42.0 Å². The fraction of sp³-hybridized carbons (Fsp3) is 0.182. The average molecular weight is 506 g/mol. The molecule has 0 aliphatic carbocycles. The standard InChI is InChI=1S/C22H17Cl2N3O3S2/c1-3-12(9-25)19(28)17-6-7-18(32-17)22(30)27-26-11(2)14-10-31-21(20(14)29)13-4-5-15(23)16(24)8-13/h4-8,10,12,29H,3H2,1-2H3,(H,27,30). The van der Waals surface area contributed by atoms with E-state index in [0.29, 0.717) is 47.9 Å². The van der Waals surface area contributed by atoms with Crippen molar-refractivity contribution in [3.63, 3.8) is 0 Å². The number of benzene rings is 1. The van der Waals surface area contributed by atoms with Crippen molar-refractivity contribution in [2.45, 2.75) is 20.3 Å². The Bertz CT molecular complexity index is 1260. The van der Waals surface area contributed by atoms with E-state index in [1.54, 1.807) is 37.4 Å². The lowest BCUT2D eigenvalue weighted by molar-refractivity contribution is 0.0947. The van der Waals surface area contributed by atoms with Gasteiger partial charge in [-0.2, -0.15) is 10.4 Å². The molecule has 3 aromatic rings. The van der Waals surface area contributed by atoms with E-state index in [1.807, 2.05) is 6.07 Å². The molecule has 2 aromatic heterocycles. The molecule has 0 saturated heterocycles. The number of hydrogen-bond acceptors (Lipinski definition) is 7.